The van der Waals surface area contributed by atoms with Crippen molar-refractivity contribution in [3.8, 4) is 5.75 Å². The molecule has 8 nitrogen and oxygen atoms in total. The molecule has 31 heavy (non-hydrogen) atoms. The Balaban J connectivity index is 1.83. The number of aromatic nitrogens is 1. The normalized spacial score (nSPS) is 11.4. The number of methoxy groups -OCH3 is 1. The summed E-state index contributed by atoms with van der Waals surface area (Å²) in [5, 5.41) is 11.4. The van der Waals surface area contributed by atoms with Crippen LogP contribution in [-0.4, -0.2) is 55.0 Å². The molecule has 0 unspecified atom stereocenters. The summed E-state index contributed by atoms with van der Waals surface area (Å²) in [6.07, 6.45) is 3.92. The SMILES string of the molecule is COc1ccc2sc(N(CCCN(C)C)C(=O)/C=C\c3ccc([N+](=O)[O-])cc3)nc2c1. The standard InChI is InChI=1S/C22H24N4O4S/c1-24(2)13-4-14-25(22-23-19-15-18(30-3)10-11-20(19)31-22)21(27)12-7-16-5-8-17(9-6-16)26(28)29/h5-12,15H,4,13-14H2,1-3H3/b12-7-. The summed E-state index contributed by atoms with van der Waals surface area (Å²) >= 11 is 1.45. The fourth-order valence-corrected chi connectivity index (χ4v) is 3.92. The number of amides is 1. The second-order valence-corrected chi connectivity index (χ2v) is 8.17. The van der Waals surface area contributed by atoms with E-state index in [-0.39, 0.29) is 11.6 Å². The number of carbonyl (C=O) groups is 1. The summed E-state index contributed by atoms with van der Waals surface area (Å²) in [6.45, 7) is 1.37. The second-order valence-electron chi connectivity index (χ2n) is 7.16. The van der Waals surface area contributed by atoms with Crippen LogP contribution in [0.1, 0.15) is 12.0 Å². The third kappa shape index (κ3) is 5.87. The van der Waals surface area contributed by atoms with Crippen molar-refractivity contribution < 1.29 is 14.5 Å². The number of nitro benzene ring substituents is 1. The number of hydrogen-bond acceptors (Lipinski definition) is 7. The van der Waals surface area contributed by atoms with E-state index in [1.165, 1.54) is 29.5 Å². The first-order chi connectivity index (χ1) is 14.9. The van der Waals surface area contributed by atoms with Crippen molar-refractivity contribution in [2.75, 3.05) is 39.2 Å². The maximum absolute atomic E-state index is 13.0. The highest BCUT2D eigenvalue weighted by atomic mass is 32.1. The molecule has 0 bridgehead atoms. The number of nitro groups is 1. The number of benzene rings is 2. The van der Waals surface area contributed by atoms with Crippen LogP contribution in [0.5, 0.6) is 5.75 Å². The van der Waals surface area contributed by atoms with Crippen LogP contribution in [-0.2, 0) is 4.79 Å². The maximum atomic E-state index is 13.0. The van der Waals surface area contributed by atoms with Crippen LogP contribution in [0.15, 0.2) is 48.5 Å². The molecular weight excluding hydrogens is 416 g/mol. The first-order valence-electron chi connectivity index (χ1n) is 9.70. The molecule has 0 saturated heterocycles. The maximum Gasteiger partial charge on any atom is 0.269 e. The Morgan fingerprint density at radius 3 is 2.58 bits per heavy atom. The highest BCUT2D eigenvalue weighted by Gasteiger charge is 2.18. The fraction of sp³-hybridized carbons (Fsp3) is 0.273. The number of fused-ring (bicyclic) bond motifs is 1. The van der Waals surface area contributed by atoms with Crippen LogP contribution in [0.25, 0.3) is 16.3 Å². The zero-order valence-electron chi connectivity index (χ0n) is 17.6. The van der Waals surface area contributed by atoms with Crippen LogP contribution in [0.2, 0.25) is 0 Å². The summed E-state index contributed by atoms with van der Waals surface area (Å²) in [5.41, 5.74) is 1.50. The molecule has 3 rings (SSSR count). The summed E-state index contributed by atoms with van der Waals surface area (Å²) in [6, 6.07) is 11.7. The van der Waals surface area contributed by atoms with Gasteiger partial charge in [-0.05, 0) is 63.0 Å². The van der Waals surface area contributed by atoms with Gasteiger partial charge in [-0.25, -0.2) is 4.98 Å². The summed E-state index contributed by atoms with van der Waals surface area (Å²) in [7, 11) is 5.59. The Bertz CT molecular complexity index is 1090. The zero-order valence-corrected chi connectivity index (χ0v) is 18.5. The Morgan fingerprint density at radius 1 is 1.19 bits per heavy atom. The first-order valence-corrected chi connectivity index (χ1v) is 10.5. The van der Waals surface area contributed by atoms with E-state index < -0.39 is 4.92 Å². The van der Waals surface area contributed by atoms with Gasteiger partial charge in [0, 0.05) is 30.8 Å². The van der Waals surface area contributed by atoms with Gasteiger partial charge in [0.15, 0.2) is 5.13 Å². The quantitative estimate of drug-likeness (QED) is 0.281. The molecule has 3 aromatic rings. The van der Waals surface area contributed by atoms with Crippen LogP contribution in [0, 0.1) is 10.1 Å². The Kier molecular flexibility index (Phi) is 7.32. The molecule has 0 saturated carbocycles. The van der Waals surface area contributed by atoms with Crippen LogP contribution in [0.3, 0.4) is 0 Å². The molecular formula is C22H24N4O4S. The lowest BCUT2D eigenvalue weighted by Crippen LogP contribution is -2.32. The predicted octanol–water partition coefficient (Wildman–Crippen LogP) is 4.21. The van der Waals surface area contributed by atoms with E-state index in [2.05, 4.69) is 9.88 Å². The third-order valence-corrected chi connectivity index (χ3v) is 5.65. The lowest BCUT2D eigenvalue weighted by Gasteiger charge is -2.19. The predicted molar refractivity (Wildman–Crippen MR) is 124 cm³/mol. The lowest BCUT2D eigenvalue weighted by molar-refractivity contribution is -0.384. The minimum atomic E-state index is -0.451. The topological polar surface area (TPSA) is 88.8 Å². The molecule has 0 radical (unpaired) electrons. The molecule has 1 amide bonds. The molecule has 0 N–H and O–H groups in total. The van der Waals surface area contributed by atoms with E-state index in [1.54, 1.807) is 30.2 Å². The van der Waals surface area contributed by atoms with Crippen molar-refractivity contribution in [3.63, 3.8) is 0 Å². The van der Waals surface area contributed by atoms with E-state index in [4.69, 9.17) is 4.74 Å². The summed E-state index contributed by atoms with van der Waals surface area (Å²) < 4.78 is 6.24. The minimum Gasteiger partial charge on any atom is -0.497 e. The van der Waals surface area contributed by atoms with Crippen molar-refractivity contribution in [2.24, 2.45) is 0 Å². The molecule has 2 aromatic carbocycles. The van der Waals surface area contributed by atoms with Crippen molar-refractivity contribution in [1.29, 1.82) is 0 Å². The second kappa shape index (κ2) is 10.1. The van der Waals surface area contributed by atoms with Gasteiger partial charge in [-0.3, -0.25) is 19.8 Å². The molecule has 0 atom stereocenters. The zero-order chi connectivity index (χ0) is 22.4. The fourth-order valence-electron chi connectivity index (χ4n) is 2.95. The van der Waals surface area contributed by atoms with Crippen molar-refractivity contribution in [2.45, 2.75) is 6.42 Å². The van der Waals surface area contributed by atoms with Gasteiger partial charge < -0.3 is 9.64 Å². The van der Waals surface area contributed by atoms with Crippen molar-refractivity contribution >= 4 is 44.4 Å². The average Bonchev–Trinajstić information content (AvgIpc) is 3.17. The highest BCUT2D eigenvalue weighted by Crippen LogP contribution is 2.31. The lowest BCUT2D eigenvalue weighted by atomic mass is 10.2. The van der Waals surface area contributed by atoms with Gasteiger partial charge >= 0.3 is 0 Å². The average molecular weight is 441 g/mol. The molecule has 0 aliphatic heterocycles. The molecule has 0 fully saturated rings. The monoisotopic (exact) mass is 440 g/mol. The number of hydrogen-bond donors (Lipinski definition) is 0. The van der Waals surface area contributed by atoms with Gasteiger partial charge in [0.1, 0.15) is 5.75 Å². The van der Waals surface area contributed by atoms with Gasteiger partial charge in [0.2, 0.25) is 0 Å². The number of rotatable bonds is 9. The Morgan fingerprint density at radius 2 is 1.94 bits per heavy atom. The largest absolute Gasteiger partial charge is 0.497 e. The Hall–Kier alpha value is -3.30. The smallest absolute Gasteiger partial charge is 0.269 e. The van der Waals surface area contributed by atoms with Crippen LogP contribution in [0.4, 0.5) is 10.8 Å². The van der Waals surface area contributed by atoms with E-state index in [0.717, 1.165) is 23.2 Å². The minimum absolute atomic E-state index is 0.0127. The van der Waals surface area contributed by atoms with E-state index in [9.17, 15) is 14.9 Å². The van der Waals surface area contributed by atoms with Crippen molar-refractivity contribution in [1.82, 2.24) is 9.88 Å². The molecule has 162 valence electrons. The van der Waals surface area contributed by atoms with Gasteiger partial charge in [0.05, 0.1) is 22.2 Å². The molecule has 1 heterocycles. The summed E-state index contributed by atoms with van der Waals surface area (Å²) in [5.74, 6) is 0.524. The number of carbonyl (C=O) groups excluding carboxylic acids is 1. The number of nitrogens with zero attached hydrogens (tertiary/aromatic N) is 4. The van der Waals surface area contributed by atoms with Crippen LogP contribution >= 0.6 is 11.3 Å². The third-order valence-electron chi connectivity index (χ3n) is 4.59. The van der Waals surface area contributed by atoms with Gasteiger partial charge in [-0.2, -0.15) is 0 Å². The molecule has 0 aliphatic carbocycles. The van der Waals surface area contributed by atoms with Crippen molar-refractivity contribution in [3.05, 3.63) is 64.2 Å². The first kappa shape index (κ1) is 22.4. The number of thiazole rings is 1. The molecule has 0 spiro atoms. The molecule has 9 heteroatoms. The number of ether oxygens (including phenoxy) is 1. The number of anilines is 1. The van der Waals surface area contributed by atoms with Gasteiger partial charge in [0.25, 0.3) is 11.6 Å². The van der Waals surface area contributed by atoms with E-state index in [0.29, 0.717) is 23.0 Å². The van der Waals surface area contributed by atoms with Crippen LogP contribution < -0.4 is 9.64 Å². The summed E-state index contributed by atoms with van der Waals surface area (Å²) in [4.78, 5) is 31.8. The molecule has 1 aromatic heterocycles. The van der Waals surface area contributed by atoms with E-state index in [1.807, 2.05) is 32.3 Å². The Labute approximate surface area is 184 Å². The highest BCUT2D eigenvalue weighted by molar-refractivity contribution is 7.22. The van der Waals surface area contributed by atoms with Gasteiger partial charge in [-0.1, -0.05) is 11.3 Å². The van der Waals surface area contributed by atoms with E-state index >= 15 is 0 Å². The number of non-ortho nitro benzene ring substituents is 1. The van der Waals surface area contributed by atoms with Gasteiger partial charge in [-0.15, -0.1) is 0 Å². The molecule has 0 aliphatic rings.